The Hall–Kier alpha value is -1.40. The fraction of sp³-hybridized carbons (Fsp3) is 0.500. The third-order valence-electron chi connectivity index (χ3n) is 3.29. The third-order valence-corrected chi connectivity index (χ3v) is 3.29. The van der Waals surface area contributed by atoms with Gasteiger partial charge in [0.05, 0.1) is 5.56 Å². The summed E-state index contributed by atoms with van der Waals surface area (Å²) in [7, 11) is 0. The molecule has 17 heavy (non-hydrogen) atoms. The molecule has 1 saturated heterocycles. The first-order valence-electron chi connectivity index (χ1n) is 6.21. The Balaban J connectivity index is 2.10. The zero-order valence-electron chi connectivity index (χ0n) is 9.95. The van der Waals surface area contributed by atoms with E-state index in [4.69, 9.17) is 5.26 Å². The summed E-state index contributed by atoms with van der Waals surface area (Å²) in [4.78, 5) is 2.28. The molecule has 0 saturated carbocycles. The van der Waals surface area contributed by atoms with Crippen LogP contribution in [-0.2, 0) is 6.54 Å². The first-order chi connectivity index (χ1) is 8.31. The molecular weight excluding hydrogens is 215 g/mol. The molecule has 0 aliphatic carbocycles. The predicted octanol–water partition coefficient (Wildman–Crippen LogP) is 3.07. The normalized spacial score (nSPS) is 17.4. The molecule has 0 unspecified atom stereocenters. The average Bonchev–Trinajstić information content (AvgIpc) is 2.60. The van der Waals surface area contributed by atoms with Crippen LogP contribution in [-0.4, -0.2) is 18.0 Å². The highest BCUT2D eigenvalue weighted by Gasteiger charge is 2.13. The Bertz CT molecular complexity index is 415. The van der Waals surface area contributed by atoms with Crippen molar-refractivity contribution in [3.8, 4) is 6.07 Å². The lowest BCUT2D eigenvalue weighted by Crippen LogP contribution is -2.24. The van der Waals surface area contributed by atoms with Crippen LogP contribution in [0.2, 0.25) is 0 Å². The van der Waals surface area contributed by atoms with Crippen LogP contribution in [0.25, 0.3) is 0 Å². The lowest BCUT2D eigenvalue weighted by atomic mass is 10.1. The molecule has 0 radical (unpaired) electrons. The number of halogens is 1. The molecule has 3 heteroatoms. The summed E-state index contributed by atoms with van der Waals surface area (Å²) >= 11 is 0. The number of likely N-dealkylation sites (tertiary alicyclic amines) is 1. The number of nitrogens with zero attached hydrogens (tertiary/aromatic N) is 2. The SMILES string of the molecule is N#Cc1cccc(CN2CCCCCC2)c1F. The molecule has 1 aliphatic heterocycles. The van der Waals surface area contributed by atoms with E-state index >= 15 is 0 Å². The third kappa shape index (κ3) is 3.04. The monoisotopic (exact) mass is 232 g/mol. The van der Waals surface area contributed by atoms with Gasteiger partial charge >= 0.3 is 0 Å². The van der Waals surface area contributed by atoms with E-state index in [-0.39, 0.29) is 11.4 Å². The highest BCUT2D eigenvalue weighted by atomic mass is 19.1. The van der Waals surface area contributed by atoms with Crippen molar-refractivity contribution in [1.29, 1.82) is 5.26 Å². The van der Waals surface area contributed by atoms with Crippen molar-refractivity contribution >= 4 is 0 Å². The molecule has 0 spiro atoms. The summed E-state index contributed by atoms with van der Waals surface area (Å²) in [6.45, 7) is 2.70. The van der Waals surface area contributed by atoms with E-state index in [0.29, 0.717) is 12.1 Å². The van der Waals surface area contributed by atoms with E-state index in [1.54, 1.807) is 12.1 Å². The van der Waals surface area contributed by atoms with E-state index in [2.05, 4.69) is 4.90 Å². The maximum absolute atomic E-state index is 13.9. The maximum Gasteiger partial charge on any atom is 0.145 e. The largest absolute Gasteiger partial charge is 0.299 e. The summed E-state index contributed by atoms with van der Waals surface area (Å²) < 4.78 is 13.9. The second kappa shape index (κ2) is 5.79. The minimum absolute atomic E-state index is 0.150. The van der Waals surface area contributed by atoms with Gasteiger partial charge < -0.3 is 0 Å². The minimum Gasteiger partial charge on any atom is -0.299 e. The molecule has 1 aromatic rings. The maximum atomic E-state index is 13.9. The molecule has 0 bridgehead atoms. The molecule has 0 amide bonds. The van der Waals surface area contributed by atoms with Gasteiger partial charge in [0.2, 0.25) is 0 Å². The summed E-state index contributed by atoms with van der Waals surface area (Å²) in [5.41, 5.74) is 0.795. The first kappa shape index (κ1) is 12.1. The van der Waals surface area contributed by atoms with Crippen molar-refractivity contribution < 1.29 is 4.39 Å². The molecule has 0 N–H and O–H groups in total. The van der Waals surface area contributed by atoms with E-state index in [1.807, 2.05) is 6.07 Å². The highest BCUT2D eigenvalue weighted by molar-refractivity contribution is 5.34. The van der Waals surface area contributed by atoms with Crippen LogP contribution in [0.4, 0.5) is 4.39 Å². The molecule has 2 nitrogen and oxygen atoms in total. The van der Waals surface area contributed by atoms with Gasteiger partial charge in [-0.1, -0.05) is 25.0 Å². The van der Waals surface area contributed by atoms with E-state index in [0.717, 1.165) is 13.1 Å². The van der Waals surface area contributed by atoms with Gasteiger partial charge in [-0.3, -0.25) is 4.90 Å². The van der Waals surface area contributed by atoms with Gasteiger partial charge in [-0.15, -0.1) is 0 Å². The van der Waals surface area contributed by atoms with Gasteiger partial charge in [0.1, 0.15) is 11.9 Å². The molecular formula is C14H17FN2. The molecule has 1 aliphatic rings. The smallest absolute Gasteiger partial charge is 0.145 e. The Morgan fingerprint density at radius 1 is 1.18 bits per heavy atom. The number of nitriles is 1. The van der Waals surface area contributed by atoms with Gasteiger partial charge in [-0.25, -0.2) is 4.39 Å². The lowest BCUT2D eigenvalue weighted by molar-refractivity contribution is 0.273. The molecule has 1 heterocycles. The van der Waals surface area contributed by atoms with Crippen LogP contribution in [0.1, 0.15) is 36.8 Å². The quantitative estimate of drug-likeness (QED) is 0.783. The van der Waals surface area contributed by atoms with Crippen LogP contribution in [0, 0.1) is 17.1 Å². The van der Waals surface area contributed by atoms with Crippen molar-refractivity contribution in [3.05, 3.63) is 35.1 Å². The van der Waals surface area contributed by atoms with Gasteiger partial charge in [-0.05, 0) is 32.0 Å². The first-order valence-corrected chi connectivity index (χ1v) is 6.21. The lowest BCUT2D eigenvalue weighted by Gasteiger charge is -2.20. The Kier molecular flexibility index (Phi) is 4.11. The van der Waals surface area contributed by atoms with Crippen molar-refractivity contribution in [2.24, 2.45) is 0 Å². The number of benzene rings is 1. The fourth-order valence-electron chi connectivity index (χ4n) is 2.32. The topological polar surface area (TPSA) is 27.0 Å². The van der Waals surface area contributed by atoms with Crippen molar-refractivity contribution in [2.75, 3.05) is 13.1 Å². The van der Waals surface area contributed by atoms with Crippen LogP contribution in [0.5, 0.6) is 0 Å². The highest BCUT2D eigenvalue weighted by Crippen LogP contribution is 2.17. The number of rotatable bonds is 2. The van der Waals surface area contributed by atoms with Crippen molar-refractivity contribution in [1.82, 2.24) is 4.90 Å². The second-order valence-corrected chi connectivity index (χ2v) is 4.58. The summed E-state index contributed by atoms with van der Waals surface area (Å²) in [6, 6.07) is 6.96. The Morgan fingerprint density at radius 3 is 2.53 bits per heavy atom. The summed E-state index contributed by atoms with van der Waals surface area (Å²) in [5, 5.41) is 8.79. The van der Waals surface area contributed by atoms with Gasteiger partial charge in [0, 0.05) is 12.1 Å². The van der Waals surface area contributed by atoms with Gasteiger partial charge in [-0.2, -0.15) is 5.26 Å². The molecule has 0 aromatic heterocycles. The van der Waals surface area contributed by atoms with E-state index < -0.39 is 0 Å². The van der Waals surface area contributed by atoms with Gasteiger partial charge in [0.15, 0.2) is 0 Å². The summed E-state index contributed by atoms with van der Waals surface area (Å²) in [5.74, 6) is -0.348. The molecule has 1 aromatic carbocycles. The second-order valence-electron chi connectivity index (χ2n) is 4.58. The Morgan fingerprint density at radius 2 is 1.88 bits per heavy atom. The number of hydrogen-bond donors (Lipinski definition) is 0. The zero-order chi connectivity index (χ0) is 12.1. The minimum atomic E-state index is -0.348. The Labute approximate surface area is 102 Å². The van der Waals surface area contributed by atoms with Crippen molar-refractivity contribution in [3.63, 3.8) is 0 Å². The van der Waals surface area contributed by atoms with Crippen LogP contribution in [0.3, 0.4) is 0 Å². The summed E-state index contributed by atoms with van der Waals surface area (Å²) in [6.07, 6.45) is 4.94. The molecule has 2 rings (SSSR count). The van der Waals surface area contributed by atoms with E-state index in [9.17, 15) is 4.39 Å². The predicted molar refractivity (Wildman–Crippen MR) is 64.9 cm³/mol. The van der Waals surface area contributed by atoms with Crippen LogP contribution >= 0.6 is 0 Å². The molecule has 0 atom stereocenters. The standard InChI is InChI=1S/C14H17FN2/c15-14-12(10-16)6-5-7-13(14)11-17-8-3-1-2-4-9-17/h5-7H,1-4,8-9,11H2. The zero-order valence-corrected chi connectivity index (χ0v) is 9.95. The van der Waals surface area contributed by atoms with Gasteiger partial charge in [0.25, 0.3) is 0 Å². The fourth-order valence-corrected chi connectivity index (χ4v) is 2.32. The molecule has 1 fully saturated rings. The average molecular weight is 232 g/mol. The van der Waals surface area contributed by atoms with Crippen molar-refractivity contribution in [2.45, 2.75) is 32.2 Å². The molecule has 90 valence electrons. The van der Waals surface area contributed by atoms with E-state index in [1.165, 1.54) is 31.7 Å². The van der Waals surface area contributed by atoms with Crippen LogP contribution < -0.4 is 0 Å². The van der Waals surface area contributed by atoms with Crippen LogP contribution in [0.15, 0.2) is 18.2 Å². The number of hydrogen-bond acceptors (Lipinski definition) is 2.